The molecule has 103 heavy (non-hydrogen) atoms. The van der Waals surface area contributed by atoms with E-state index in [0.717, 1.165) is 70.6 Å². The number of alkyl halides is 3. The maximum absolute atomic E-state index is 8.69. The van der Waals surface area contributed by atoms with Crippen LogP contribution < -0.4 is 55.5 Å². The molecule has 0 saturated heterocycles. The van der Waals surface area contributed by atoms with Crippen LogP contribution in [0.15, 0.2) is 25.3 Å². The van der Waals surface area contributed by atoms with E-state index in [1.165, 1.54) is 98.0 Å². The summed E-state index contributed by atoms with van der Waals surface area (Å²) in [7, 11) is 0. The molecule has 0 saturated carbocycles. The van der Waals surface area contributed by atoms with Gasteiger partial charge in [-0.1, -0.05) is 179 Å². The Morgan fingerprint density at radius 1 is 0.301 bits per heavy atom. The number of hydrogen-bond acceptors (Lipinski definition) is 16. The van der Waals surface area contributed by atoms with Crippen LogP contribution in [0.25, 0.3) is 0 Å². The van der Waals surface area contributed by atoms with Crippen LogP contribution in [0.4, 0.5) is 0 Å². The standard InChI is InChI=1S/C8H16Br2O2.C7H16O2.C4H9BrO2.C4H10O2.C3H8O2.2C3H6O.C3H8.2C2H6O.9CH4.Br2I.2BrHIO.18BrH.11Cu/c9-7(5-11)3-1-2-4-8(10)6-12;8-6-4-2-1-3-5-7-9;5-4(3-7)1-2-6;5-3-1-2-4-6;4-2-1-3-5;2*1-2-3-4;1-3-2;2*1-2-3;;;;;;;;;;1-3-2;2*1-2-3;;;;;;;;;;;;;;;;;;;;;;;;;;;;;/h7-8,11-12H,1-6H2;8-9H,1-7H2;4,6-7H,1-3H2;5-6H,1-4H2;4-5H,1-3H2;2*2,4H,1,3H2;3H2,1-2H3;2*3H,2H2,1H3;9*1H4;;2*3H;18*1H;;;;;;;;;;;/q;;;;;;;;;;;;;;;;;;;3*-1;;;;;;;;;;;;;;;;;;;4*+1;7*+2/p-18. The molecule has 0 fully saturated rings. The third-order valence-electron chi connectivity index (χ3n) is 4.78. The molecule has 0 amide bonds. The van der Waals surface area contributed by atoms with Crippen molar-refractivity contribution in [3.63, 3.8) is 0 Å². The van der Waals surface area contributed by atoms with Gasteiger partial charge in [-0.3, -0.25) is 0 Å². The molecule has 3 unspecified atom stereocenters. The Hall–Kier alpha value is 18.7. The summed E-state index contributed by atoms with van der Waals surface area (Å²) in [5.41, 5.74) is 0. The number of aliphatic hydroxyl groups is 14. The second-order valence-electron chi connectivity index (χ2n) is 11.1. The summed E-state index contributed by atoms with van der Waals surface area (Å²) in [6.07, 6.45) is 16.0. The molecule has 0 aromatic heterocycles. The molecule has 55 heteroatoms. The van der Waals surface area contributed by atoms with Crippen molar-refractivity contribution >= 4 is 353 Å². The van der Waals surface area contributed by atoms with Crippen molar-refractivity contribution in [2.75, 3.05) is 92.5 Å². The van der Waals surface area contributed by atoms with Crippen molar-refractivity contribution in [2.24, 2.45) is 0 Å². The minimum atomic E-state index is -0.597. The van der Waals surface area contributed by atoms with E-state index in [1.54, 1.807) is 13.8 Å². The third-order valence-corrected chi connectivity index (χ3v) is 7.02. The minimum absolute atomic E-state index is 0. The second kappa shape index (κ2) is 377. The average molecular weight is 4040 g/mol. The number of halogens is 28. The summed E-state index contributed by atoms with van der Waals surface area (Å²) in [6.45, 7) is 16.6. The first kappa shape index (κ1) is 225. The Balaban J connectivity index is -0.0000000163. The average Bonchev–Trinajstić information content (AvgIpc) is 1.66. The summed E-state index contributed by atoms with van der Waals surface area (Å²) in [5, 5.41) is 113. The van der Waals surface area contributed by atoms with Crippen molar-refractivity contribution in [1.82, 2.24) is 0 Å². The van der Waals surface area contributed by atoms with Crippen molar-refractivity contribution in [1.29, 1.82) is 0 Å². The van der Waals surface area contributed by atoms with Crippen molar-refractivity contribution in [2.45, 2.75) is 199 Å². The molecule has 0 aliphatic carbocycles. The molecule has 0 bridgehead atoms. The van der Waals surface area contributed by atoms with Gasteiger partial charge in [-0.15, -0.1) is 13.2 Å². The van der Waals surface area contributed by atoms with E-state index >= 15 is 0 Å². The normalized spacial score (nSPS) is 8.05. The van der Waals surface area contributed by atoms with Gasteiger partial charge in [0, 0.05) is 73.9 Å². The Kier molecular flexibility index (Phi) is 825. The van der Waals surface area contributed by atoms with Crippen LogP contribution in [-0.2, 0) is 136 Å². The maximum atomic E-state index is 8.69. The molecule has 0 spiro atoms. The molecular weight excluding hydrogens is 3910 g/mol. The van der Waals surface area contributed by atoms with Gasteiger partial charge in [0.2, 0.25) is 0 Å². The van der Waals surface area contributed by atoms with E-state index in [1.807, 2.05) is 0 Å². The SMILES string of the molecule is Br[I-]Br.C.C.C.C.C.C.C.C.C.C=CCO.C=CCO.CCC.CCO.CCO.OCC(Br)CCCCC(Br)CO.OCCC(Br)CO.OCCCCCCCO.OCCCCO.OCCCO.O[I-]Br.O[I-]Br.[Br][Cu][Br].[Br][Cu][Br].[Br][Cu][Br].[Br][Cu][Br].[Br][Cu][Br].[Br][Cu][Br].[Br][Cu][Br].[Cu][Br].[Cu][Br].[Cu][Br].[Cu][Br]. The van der Waals surface area contributed by atoms with Gasteiger partial charge in [0.1, 0.15) is 0 Å². The van der Waals surface area contributed by atoms with E-state index in [2.05, 4.69) is 436 Å². The molecule has 737 valence electrons. The topological polar surface area (TPSA) is 324 Å². The first-order valence-corrected chi connectivity index (χ1v) is 88.4. The molecular formula is C48H129Br25Cu11I3O16-3. The van der Waals surface area contributed by atoms with E-state index < -0.39 is 38.8 Å². The summed E-state index contributed by atoms with van der Waals surface area (Å²) in [4.78, 5) is 0.540. The molecule has 0 aliphatic rings. The van der Waals surface area contributed by atoms with Crippen molar-refractivity contribution in [3.8, 4) is 0 Å². The summed E-state index contributed by atoms with van der Waals surface area (Å²) < 4.78 is 15.2. The third kappa shape index (κ3) is 747. The van der Waals surface area contributed by atoms with Crippen LogP contribution in [-0.4, -0.2) is 185 Å². The van der Waals surface area contributed by atoms with E-state index in [0.29, 0.717) is 26.1 Å². The molecule has 0 aromatic rings. The zero-order valence-corrected chi connectivity index (χ0v) is 106. The zero-order chi connectivity index (χ0) is 81.0. The first-order chi connectivity index (χ1) is 45.0. The second-order valence-corrected chi connectivity index (χ2v) is 62.3. The van der Waals surface area contributed by atoms with Crippen LogP contribution in [0.1, 0.15) is 184 Å². The van der Waals surface area contributed by atoms with Gasteiger partial charge < -0.3 is 71.5 Å². The number of unbranched alkanes of at least 4 members (excludes halogenated alkanes) is 6. The molecule has 0 rings (SSSR count). The summed E-state index contributed by atoms with van der Waals surface area (Å²) in [5.74, 6) is 0. The fraction of sp³-hybridized carbons (Fsp3) is 0.917. The Morgan fingerprint density at radius 2 is 0.408 bits per heavy atom. The van der Waals surface area contributed by atoms with Gasteiger partial charge in [-0.2, -0.15) is 0 Å². The van der Waals surface area contributed by atoms with Gasteiger partial charge in [0.05, 0.1) is 33.0 Å². The number of rotatable bonds is 23. The summed E-state index contributed by atoms with van der Waals surface area (Å²) in [6, 6.07) is 0. The molecule has 0 heterocycles. The Labute approximate surface area is 919 Å². The van der Waals surface area contributed by atoms with E-state index in [-0.39, 0.29) is 177 Å². The predicted octanol–water partition coefficient (Wildman–Crippen LogP) is 18.2. The molecule has 16 nitrogen and oxygen atoms in total. The van der Waals surface area contributed by atoms with Crippen LogP contribution in [0.3, 0.4) is 0 Å². The van der Waals surface area contributed by atoms with Crippen LogP contribution in [0, 0.1) is 0 Å². The zero-order valence-electron chi connectivity index (χ0n) is 49.2. The Morgan fingerprint density at radius 3 is 0.485 bits per heavy atom. The number of hydrogen-bond donors (Lipinski definition) is 16. The molecule has 0 radical (unpaired) electrons. The van der Waals surface area contributed by atoms with Gasteiger partial charge in [0.25, 0.3) is 0 Å². The van der Waals surface area contributed by atoms with Crippen LogP contribution in [0.2, 0.25) is 0 Å². The monoisotopic (exact) mass is 4010 g/mol. The first-order valence-electron chi connectivity index (χ1n) is 22.5. The van der Waals surface area contributed by atoms with Crippen molar-refractivity contribution in [3.05, 3.63) is 25.3 Å². The van der Waals surface area contributed by atoms with Crippen LogP contribution >= 0.6 is 353 Å². The summed E-state index contributed by atoms with van der Waals surface area (Å²) >= 11 is 98.4. The van der Waals surface area contributed by atoms with Crippen molar-refractivity contribution < 1.29 is 270 Å². The molecule has 0 aliphatic heterocycles. The van der Waals surface area contributed by atoms with Crippen LogP contribution in [0.5, 0.6) is 0 Å². The van der Waals surface area contributed by atoms with Gasteiger partial charge >= 0.3 is 503 Å². The van der Waals surface area contributed by atoms with Gasteiger partial charge in [0.15, 0.2) is 0 Å². The van der Waals surface area contributed by atoms with E-state index in [9.17, 15) is 0 Å². The number of aliphatic hydroxyl groups excluding tert-OH is 14. The molecule has 16 N–H and O–H groups in total. The van der Waals surface area contributed by atoms with Gasteiger partial charge in [-0.25, -0.2) is 0 Å². The molecule has 3 atom stereocenters. The fourth-order valence-electron chi connectivity index (χ4n) is 2.19. The Bertz CT molecular complexity index is 721. The fourth-order valence-corrected chi connectivity index (χ4v) is 3.05. The van der Waals surface area contributed by atoms with Gasteiger partial charge in [-0.05, 0) is 65.2 Å². The predicted molar refractivity (Wildman–Crippen MR) is 506 cm³/mol. The quantitative estimate of drug-likeness (QED) is 0.0149. The van der Waals surface area contributed by atoms with E-state index in [4.69, 9.17) is 78.4 Å². The molecule has 0 aromatic carbocycles.